The van der Waals surface area contributed by atoms with Crippen molar-refractivity contribution in [1.29, 1.82) is 0 Å². The molecule has 1 aromatic heterocycles. The summed E-state index contributed by atoms with van der Waals surface area (Å²) in [5.41, 5.74) is 7.23. The molecule has 2 aliphatic carbocycles. The van der Waals surface area contributed by atoms with Crippen molar-refractivity contribution in [2.75, 3.05) is 23.9 Å². The van der Waals surface area contributed by atoms with Crippen LogP contribution in [-0.2, 0) is 22.9 Å². The molecular formula is C28H32N2O3S. The molecule has 2 aliphatic rings. The molecule has 3 aromatic rings. The molecule has 1 N–H and O–H groups in total. The van der Waals surface area contributed by atoms with Crippen LogP contribution in [0.5, 0.6) is 5.75 Å². The van der Waals surface area contributed by atoms with Crippen molar-refractivity contribution in [3.05, 3.63) is 77.0 Å². The monoisotopic (exact) mass is 476 g/mol. The number of benzene rings is 2. The molecule has 0 spiro atoms. The summed E-state index contributed by atoms with van der Waals surface area (Å²) in [5.74, 6) is 4.38. The van der Waals surface area contributed by atoms with Gasteiger partial charge in [0.25, 0.3) is 0 Å². The lowest BCUT2D eigenvalue weighted by Gasteiger charge is -2.12. The number of rotatable bonds is 9. The highest BCUT2D eigenvalue weighted by atomic mass is 32.2. The Hall–Kier alpha value is -2.86. The van der Waals surface area contributed by atoms with E-state index in [4.69, 9.17) is 4.74 Å². The maximum atomic E-state index is 11.3. The fourth-order valence-electron chi connectivity index (χ4n) is 5.31. The van der Waals surface area contributed by atoms with E-state index >= 15 is 0 Å². The largest absolute Gasteiger partial charge is 0.489 e. The number of nitrogens with zero attached hydrogens (tertiary/aromatic N) is 1. The van der Waals surface area contributed by atoms with Crippen LogP contribution in [0.25, 0.3) is 11.1 Å². The van der Waals surface area contributed by atoms with Crippen LogP contribution in [0.2, 0.25) is 0 Å². The molecule has 0 bridgehead atoms. The van der Waals surface area contributed by atoms with Crippen molar-refractivity contribution >= 4 is 15.7 Å². The van der Waals surface area contributed by atoms with Gasteiger partial charge >= 0.3 is 0 Å². The number of fused-ring (bicyclic) bond motifs is 3. The number of hydrogen-bond acceptors (Lipinski definition) is 5. The lowest BCUT2D eigenvalue weighted by atomic mass is 10.0. The molecule has 0 aliphatic heterocycles. The average molecular weight is 477 g/mol. The second-order valence-electron chi connectivity index (χ2n) is 9.84. The molecule has 2 aromatic carbocycles. The fourth-order valence-corrected chi connectivity index (χ4v) is 5.98. The maximum absolute atomic E-state index is 11.3. The third-order valence-corrected chi connectivity index (χ3v) is 8.25. The van der Waals surface area contributed by atoms with Gasteiger partial charge in [-0.2, -0.15) is 0 Å². The third-order valence-electron chi connectivity index (χ3n) is 7.22. The van der Waals surface area contributed by atoms with Gasteiger partial charge < -0.3 is 10.1 Å². The van der Waals surface area contributed by atoms with Gasteiger partial charge in [-0.1, -0.05) is 31.2 Å². The van der Waals surface area contributed by atoms with Gasteiger partial charge in [-0.05, 0) is 90.1 Å². The summed E-state index contributed by atoms with van der Waals surface area (Å²) >= 11 is 0. The van der Waals surface area contributed by atoms with E-state index in [1.54, 1.807) is 0 Å². The number of nitrogens with one attached hydrogen (secondary N) is 1. The molecule has 3 atom stereocenters. The highest BCUT2D eigenvalue weighted by Gasteiger charge is 2.52. The maximum Gasteiger partial charge on any atom is 0.147 e. The predicted molar refractivity (Wildman–Crippen MR) is 137 cm³/mol. The molecule has 5 rings (SSSR count). The van der Waals surface area contributed by atoms with Crippen LogP contribution in [0, 0.1) is 18.8 Å². The predicted octanol–water partition coefficient (Wildman–Crippen LogP) is 5.39. The molecule has 1 fully saturated rings. The highest BCUT2D eigenvalue weighted by Crippen LogP contribution is 2.61. The minimum Gasteiger partial charge on any atom is -0.489 e. The van der Waals surface area contributed by atoms with Gasteiger partial charge in [-0.25, -0.2) is 13.4 Å². The Kier molecular flexibility index (Phi) is 6.11. The summed E-state index contributed by atoms with van der Waals surface area (Å²) < 4.78 is 28.7. The Morgan fingerprint density at radius 1 is 1.12 bits per heavy atom. The number of ether oxygens (including phenoxy) is 1. The first-order chi connectivity index (χ1) is 16.3. The molecule has 0 amide bonds. The second-order valence-corrected chi connectivity index (χ2v) is 12.1. The first-order valence-corrected chi connectivity index (χ1v) is 14.1. The van der Waals surface area contributed by atoms with Gasteiger partial charge in [0.15, 0.2) is 0 Å². The van der Waals surface area contributed by atoms with E-state index in [-0.39, 0.29) is 5.75 Å². The van der Waals surface area contributed by atoms with Crippen LogP contribution in [0.15, 0.2) is 54.6 Å². The van der Waals surface area contributed by atoms with Crippen molar-refractivity contribution in [1.82, 2.24) is 4.98 Å². The first kappa shape index (κ1) is 22.9. The Bertz CT molecular complexity index is 1320. The lowest BCUT2D eigenvalue weighted by Crippen LogP contribution is -2.10. The Morgan fingerprint density at radius 3 is 2.76 bits per heavy atom. The van der Waals surface area contributed by atoms with Crippen LogP contribution >= 0.6 is 0 Å². The number of anilines is 1. The SMILES string of the molecule is Cc1nc(NCCCS(C)(=O)=O)ccc1-c1cccc(COc2ccc3c(c2)C[C@H]2[C@H](C)[C@@H]32)c1. The van der Waals surface area contributed by atoms with E-state index in [0.717, 1.165) is 51.7 Å². The summed E-state index contributed by atoms with van der Waals surface area (Å²) in [6, 6.07) is 19.0. The van der Waals surface area contributed by atoms with Crippen LogP contribution < -0.4 is 10.1 Å². The van der Waals surface area contributed by atoms with Crippen molar-refractivity contribution in [2.24, 2.45) is 11.8 Å². The van der Waals surface area contributed by atoms with Crippen molar-refractivity contribution in [3.63, 3.8) is 0 Å². The van der Waals surface area contributed by atoms with Gasteiger partial charge in [0.1, 0.15) is 28.0 Å². The van der Waals surface area contributed by atoms with Gasteiger partial charge in [0, 0.05) is 24.1 Å². The zero-order valence-corrected chi connectivity index (χ0v) is 20.9. The third kappa shape index (κ3) is 4.97. The summed E-state index contributed by atoms with van der Waals surface area (Å²) in [6.45, 7) is 5.46. The quantitative estimate of drug-likeness (QED) is 0.420. The van der Waals surface area contributed by atoms with Gasteiger partial charge in [0.05, 0.1) is 5.75 Å². The van der Waals surface area contributed by atoms with Gasteiger partial charge in [0.2, 0.25) is 0 Å². The zero-order valence-electron chi connectivity index (χ0n) is 20.0. The van der Waals surface area contributed by atoms with E-state index in [0.29, 0.717) is 19.6 Å². The highest BCUT2D eigenvalue weighted by molar-refractivity contribution is 7.90. The average Bonchev–Trinajstić information content (AvgIpc) is 3.25. The number of aromatic nitrogens is 1. The molecule has 178 valence electrons. The Morgan fingerprint density at radius 2 is 1.97 bits per heavy atom. The second kappa shape index (κ2) is 9.06. The van der Waals surface area contributed by atoms with Crippen LogP contribution in [0.4, 0.5) is 5.82 Å². The molecule has 0 unspecified atom stereocenters. The molecule has 5 nitrogen and oxygen atoms in total. The molecule has 6 heteroatoms. The van der Waals surface area contributed by atoms with E-state index in [9.17, 15) is 8.42 Å². The van der Waals surface area contributed by atoms with E-state index in [2.05, 4.69) is 65.8 Å². The van der Waals surface area contributed by atoms with Crippen molar-refractivity contribution < 1.29 is 13.2 Å². The number of sulfone groups is 1. The van der Waals surface area contributed by atoms with E-state index < -0.39 is 9.84 Å². The smallest absolute Gasteiger partial charge is 0.147 e. The fraction of sp³-hybridized carbons (Fsp3) is 0.393. The topological polar surface area (TPSA) is 68.3 Å². The van der Waals surface area contributed by atoms with E-state index in [1.165, 1.54) is 23.8 Å². The summed E-state index contributed by atoms with van der Waals surface area (Å²) in [4.78, 5) is 4.66. The minimum atomic E-state index is -2.93. The Labute approximate surface area is 202 Å². The summed E-state index contributed by atoms with van der Waals surface area (Å²) in [6.07, 6.45) is 3.02. The van der Waals surface area contributed by atoms with Crippen LogP contribution in [0.3, 0.4) is 0 Å². The van der Waals surface area contributed by atoms with Crippen molar-refractivity contribution in [3.8, 4) is 16.9 Å². The minimum absolute atomic E-state index is 0.178. The zero-order chi connectivity index (χ0) is 23.9. The molecule has 1 saturated carbocycles. The number of aryl methyl sites for hydroxylation is 1. The molecular weight excluding hydrogens is 444 g/mol. The molecule has 0 saturated heterocycles. The molecule has 34 heavy (non-hydrogen) atoms. The number of pyridine rings is 1. The number of hydrogen-bond donors (Lipinski definition) is 1. The normalized spacial score (nSPS) is 20.5. The van der Waals surface area contributed by atoms with Crippen LogP contribution in [0.1, 0.15) is 41.6 Å². The molecule has 0 radical (unpaired) electrons. The van der Waals surface area contributed by atoms with Crippen LogP contribution in [-0.4, -0.2) is 32.0 Å². The standard InChI is InChI=1S/C28H32N2O3S/c1-18-26-16-22-15-23(8-9-25(22)28(18)26)33-17-20-6-4-7-21(14-20)24-10-11-27(30-19(24)2)29-12-5-13-34(3,31)32/h4,6-11,14-15,18,26,28H,5,12-13,16-17H2,1-3H3,(H,29,30)/t18-,26-,28-/m0/s1. The molecule has 1 heterocycles. The first-order valence-electron chi connectivity index (χ1n) is 12.0. The summed E-state index contributed by atoms with van der Waals surface area (Å²) in [5, 5.41) is 3.22. The van der Waals surface area contributed by atoms with Gasteiger partial charge in [-0.3, -0.25) is 0 Å². The van der Waals surface area contributed by atoms with Crippen molar-refractivity contribution in [2.45, 2.75) is 39.2 Å². The van der Waals surface area contributed by atoms with E-state index in [1.807, 2.05) is 13.0 Å². The lowest BCUT2D eigenvalue weighted by molar-refractivity contribution is 0.306. The summed E-state index contributed by atoms with van der Waals surface area (Å²) in [7, 11) is -2.93. The van der Waals surface area contributed by atoms with Gasteiger partial charge in [-0.15, -0.1) is 0 Å². The Balaban J connectivity index is 1.21.